The van der Waals surface area contributed by atoms with Crippen molar-refractivity contribution < 1.29 is 14.3 Å². The molecule has 0 saturated heterocycles. The third kappa shape index (κ3) is 2.67. The van der Waals surface area contributed by atoms with Crippen molar-refractivity contribution in [2.45, 2.75) is 6.92 Å². The smallest absolute Gasteiger partial charge is 0.343 e. The summed E-state index contributed by atoms with van der Waals surface area (Å²) in [7, 11) is 1.28. The number of rotatable bonds is 3. The van der Waals surface area contributed by atoms with Crippen LogP contribution in [0.3, 0.4) is 0 Å². The van der Waals surface area contributed by atoms with Crippen molar-refractivity contribution in [2.75, 3.05) is 12.8 Å². The summed E-state index contributed by atoms with van der Waals surface area (Å²) in [5.74, 6) is 0.0469. The van der Waals surface area contributed by atoms with Gasteiger partial charge < -0.3 is 15.2 Å². The molecule has 0 fully saturated rings. The number of esters is 1. The maximum atomic E-state index is 11.8. The Hall–Kier alpha value is -2.27. The topological polar surface area (TPSA) is 74.4 Å². The number of carbonyl (C=O) groups excluding carboxylic acids is 1. The van der Waals surface area contributed by atoms with Gasteiger partial charge in [-0.05, 0) is 24.6 Å². The summed E-state index contributed by atoms with van der Waals surface area (Å²) in [6, 6.07) is 4.86. The van der Waals surface area contributed by atoms with E-state index < -0.39 is 5.97 Å². The Bertz CT molecular complexity index is 659. The molecule has 0 aliphatic carbocycles. The van der Waals surface area contributed by atoms with Gasteiger partial charge in [-0.25, -0.2) is 4.79 Å². The second-order valence-corrected chi connectivity index (χ2v) is 4.48. The van der Waals surface area contributed by atoms with Crippen LogP contribution in [0.5, 0.6) is 11.5 Å². The minimum Gasteiger partial charge on any atom is -0.465 e. The molecule has 0 aliphatic heterocycles. The zero-order valence-electron chi connectivity index (χ0n) is 11.0. The Morgan fingerprint density at radius 3 is 2.75 bits per heavy atom. The van der Waals surface area contributed by atoms with Gasteiger partial charge in [0.15, 0.2) is 5.75 Å². The molecule has 2 rings (SSSR count). The molecular formula is C14H13ClN2O3. The van der Waals surface area contributed by atoms with Crippen LogP contribution < -0.4 is 10.5 Å². The maximum Gasteiger partial charge on any atom is 0.343 e. The average Bonchev–Trinajstić information content (AvgIpc) is 2.43. The number of hydrogen-bond donors (Lipinski definition) is 1. The molecule has 0 saturated carbocycles. The molecule has 104 valence electrons. The summed E-state index contributed by atoms with van der Waals surface area (Å²) in [5, 5.41) is 0.244. The van der Waals surface area contributed by atoms with Crippen molar-refractivity contribution in [3.8, 4) is 11.5 Å². The van der Waals surface area contributed by atoms with Crippen LogP contribution in [0.15, 0.2) is 30.6 Å². The standard InChI is InChI=1S/C14H13ClN2O3/c1-8-6-17-7-11(13(8)16)20-10-5-3-4-9(15)12(10)14(18)19-2/h3-7H,1-2H3,(H2,16,17). The molecule has 5 nitrogen and oxygen atoms in total. The zero-order chi connectivity index (χ0) is 14.7. The van der Waals surface area contributed by atoms with E-state index >= 15 is 0 Å². The fraction of sp³-hybridized carbons (Fsp3) is 0.143. The highest BCUT2D eigenvalue weighted by Gasteiger charge is 2.18. The van der Waals surface area contributed by atoms with Crippen molar-refractivity contribution in [3.63, 3.8) is 0 Å². The SMILES string of the molecule is COC(=O)c1c(Cl)cccc1Oc1cncc(C)c1N. The maximum absolute atomic E-state index is 11.8. The lowest BCUT2D eigenvalue weighted by atomic mass is 10.2. The first-order valence-electron chi connectivity index (χ1n) is 5.79. The molecule has 0 unspecified atom stereocenters. The van der Waals surface area contributed by atoms with Gasteiger partial charge in [0.05, 0.1) is 24.0 Å². The number of aromatic nitrogens is 1. The molecule has 0 aliphatic rings. The Morgan fingerprint density at radius 2 is 2.05 bits per heavy atom. The van der Waals surface area contributed by atoms with Crippen molar-refractivity contribution in [1.29, 1.82) is 0 Å². The third-order valence-corrected chi connectivity index (χ3v) is 3.05. The van der Waals surface area contributed by atoms with Gasteiger partial charge in [0, 0.05) is 6.20 Å². The number of aryl methyl sites for hydroxylation is 1. The number of benzene rings is 1. The number of nitrogen functional groups attached to an aromatic ring is 1. The average molecular weight is 293 g/mol. The van der Waals surface area contributed by atoms with Crippen LogP contribution in [-0.2, 0) is 4.74 Å². The molecule has 0 amide bonds. The second-order valence-electron chi connectivity index (χ2n) is 4.07. The largest absolute Gasteiger partial charge is 0.465 e. The van der Waals surface area contributed by atoms with Crippen LogP contribution in [0.25, 0.3) is 0 Å². The van der Waals surface area contributed by atoms with Crippen LogP contribution in [0.2, 0.25) is 5.02 Å². The van der Waals surface area contributed by atoms with E-state index in [1.807, 2.05) is 6.92 Å². The first-order chi connectivity index (χ1) is 9.54. The highest BCUT2D eigenvalue weighted by atomic mass is 35.5. The van der Waals surface area contributed by atoms with Crippen LogP contribution in [-0.4, -0.2) is 18.1 Å². The van der Waals surface area contributed by atoms with Gasteiger partial charge >= 0.3 is 5.97 Å². The molecule has 6 heteroatoms. The lowest BCUT2D eigenvalue weighted by Gasteiger charge is -2.13. The highest BCUT2D eigenvalue weighted by Crippen LogP contribution is 2.33. The first kappa shape index (κ1) is 14.1. The lowest BCUT2D eigenvalue weighted by Crippen LogP contribution is -2.05. The molecular weight excluding hydrogens is 280 g/mol. The molecule has 0 spiro atoms. The predicted octanol–water partition coefficient (Wildman–Crippen LogP) is 3.20. The fourth-order valence-corrected chi connectivity index (χ4v) is 1.88. The number of ether oxygens (including phenoxy) is 2. The Balaban J connectivity index is 2.46. The summed E-state index contributed by atoms with van der Waals surface area (Å²) in [4.78, 5) is 15.8. The zero-order valence-corrected chi connectivity index (χ0v) is 11.8. The molecule has 1 aromatic carbocycles. The summed E-state index contributed by atoms with van der Waals surface area (Å²) in [6.07, 6.45) is 3.10. The van der Waals surface area contributed by atoms with Crippen molar-refractivity contribution in [3.05, 3.63) is 46.7 Å². The van der Waals surface area contributed by atoms with Crippen molar-refractivity contribution in [2.24, 2.45) is 0 Å². The molecule has 0 radical (unpaired) electrons. The number of anilines is 1. The van der Waals surface area contributed by atoms with E-state index in [0.717, 1.165) is 5.56 Å². The van der Waals surface area contributed by atoms with Gasteiger partial charge in [-0.1, -0.05) is 17.7 Å². The van der Waals surface area contributed by atoms with Gasteiger partial charge in [0.1, 0.15) is 11.3 Å². The summed E-state index contributed by atoms with van der Waals surface area (Å²) in [5.41, 5.74) is 7.30. The van der Waals surface area contributed by atoms with Crippen LogP contribution >= 0.6 is 11.6 Å². The third-order valence-electron chi connectivity index (χ3n) is 2.74. The molecule has 0 atom stereocenters. The number of carbonyl (C=O) groups is 1. The van der Waals surface area contributed by atoms with Crippen molar-refractivity contribution >= 4 is 23.3 Å². The molecule has 2 aromatic rings. The highest BCUT2D eigenvalue weighted by molar-refractivity contribution is 6.34. The minimum atomic E-state index is -0.579. The molecule has 20 heavy (non-hydrogen) atoms. The second kappa shape index (κ2) is 5.79. The van der Waals surface area contributed by atoms with E-state index in [1.165, 1.54) is 13.3 Å². The van der Waals surface area contributed by atoms with Crippen LogP contribution in [0.4, 0.5) is 5.69 Å². The molecule has 1 aromatic heterocycles. The van der Waals surface area contributed by atoms with E-state index in [2.05, 4.69) is 4.98 Å². The number of pyridine rings is 1. The van der Waals surface area contributed by atoms with Crippen molar-refractivity contribution in [1.82, 2.24) is 4.98 Å². The van der Waals surface area contributed by atoms with Crippen LogP contribution in [0.1, 0.15) is 15.9 Å². The molecule has 2 N–H and O–H groups in total. The van der Waals surface area contributed by atoms with E-state index in [0.29, 0.717) is 11.4 Å². The number of methoxy groups -OCH3 is 1. The Labute approximate surface area is 121 Å². The Morgan fingerprint density at radius 1 is 1.30 bits per heavy atom. The van der Waals surface area contributed by atoms with Gasteiger partial charge in [0.25, 0.3) is 0 Å². The quantitative estimate of drug-likeness (QED) is 0.879. The minimum absolute atomic E-state index is 0.151. The van der Waals surface area contributed by atoms with E-state index in [9.17, 15) is 4.79 Å². The number of nitrogens with zero attached hydrogens (tertiary/aromatic N) is 1. The molecule has 0 bridgehead atoms. The fourth-order valence-electron chi connectivity index (χ4n) is 1.64. The summed E-state index contributed by atoms with van der Waals surface area (Å²) in [6.45, 7) is 1.81. The summed E-state index contributed by atoms with van der Waals surface area (Å²) < 4.78 is 10.4. The lowest BCUT2D eigenvalue weighted by molar-refractivity contribution is 0.0598. The van der Waals surface area contributed by atoms with Gasteiger partial charge in [-0.2, -0.15) is 0 Å². The first-order valence-corrected chi connectivity index (χ1v) is 6.17. The number of hydrogen-bond acceptors (Lipinski definition) is 5. The summed E-state index contributed by atoms with van der Waals surface area (Å²) >= 11 is 6.01. The monoisotopic (exact) mass is 292 g/mol. The number of nitrogens with two attached hydrogens (primary N) is 1. The van der Waals surface area contributed by atoms with Crippen LogP contribution in [0, 0.1) is 6.92 Å². The van der Waals surface area contributed by atoms with Gasteiger partial charge in [-0.15, -0.1) is 0 Å². The number of halogens is 1. The van der Waals surface area contributed by atoms with Gasteiger partial charge in [0.2, 0.25) is 0 Å². The van der Waals surface area contributed by atoms with Gasteiger partial charge in [-0.3, -0.25) is 4.98 Å². The Kier molecular flexibility index (Phi) is 4.10. The molecule has 1 heterocycles. The normalized spacial score (nSPS) is 10.2. The van der Waals surface area contributed by atoms with E-state index in [-0.39, 0.29) is 16.3 Å². The van der Waals surface area contributed by atoms with E-state index in [1.54, 1.807) is 24.4 Å². The van der Waals surface area contributed by atoms with E-state index in [4.69, 9.17) is 26.8 Å². The predicted molar refractivity (Wildman–Crippen MR) is 76.3 cm³/mol.